The van der Waals surface area contributed by atoms with E-state index in [1.54, 1.807) is 0 Å². The SMILES string of the molecule is C=C(C)/C=C1/C[C](=[V])N[C](=[V])CC1=C. The van der Waals surface area contributed by atoms with E-state index in [0.29, 0.717) is 0 Å². The Morgan fingerprint density at radius 3 is 2.50 bits per heavy atom. The first kappa shape index (κ1) is 12.2. The van der Waals surface area contributed by atoms with Gasteiger partial charge in [-0.1, -0.05) is 0 Å². The van der Waals surface area contributed by atoms with E-state index in [4.69, 9.17) is 0 Å². The van der Waals surface area contributed by atoms with E-state index in [9.17, 15) is 0 Å². The van der Waals surface area contributed by atoms with Crippen LogP contribution in [0.4, 0.5) is 0 Å². The Balaban J connectivity index is 2.95. The first-order valence-corrected chi connectivity index (χ1v) is 5.79. The van der Waals surface area contributed by atoms with Gasteiger partial charge in [0.1, 0.15) is 0 Å². The summed E-state index contributed by atoms with van der Waals surface area (Å²) in [4.78, 5) is 0. The number of allylic oxidation sites excluding steroid dienone is 2. The molecule has 0 aromatic carbocycles. The number of hydrogen-bond donors (Lipinski definition) is 1. The topological polar surface area (TPSA) is 12.0 Å². The van der Waals surface area contributed by atoms with Crippen molar-refractivity contribution in [3.05, 3.63) is 36.0 Å². The first-order valence-electron chi connectivity index (χ1n) is 4.40. The molecule has 0 aromatic heterocycles. The molecule has 0 radical (unpaired) electrons. The Bertz CT molecular complexity index is 350. The van der Waals surface area contributed by atoms with E-state index in [0.717, 1.165) is 18.4 Å². The fraction of sp³-hybridized carbons (Fsp3) is 0.273. The molecular weight excluding hydrogens is 248 g/mol. The number of hydrogen-bond acceptors (Lipinski definition) is 1. The van der Waals surface area contributed by atoms with E-state index in [-0.39, 0.29) is 0 Å². The predicted octanol–water partition coefficient (Wildman–Crippen LogP) is 1.78. The Labute approximate surface area is 103 Å². The Morgan fingerprint density at radius 2 is 1.93 bits per heavy atom. The van der Waals surface area contributed by atoms with Gasteiger partial charge in [-0.3, -0.25) is 0 Å². The second-order valence-electron chi connectivity index (χ2n) is 3.49. The van der Waals surface area contributed by atoms with Crippen LogP contribution in [0, 0.1) is 0 Å². The number of rotatable bonds is 1. The summed E-state index contributed by atoms with van der Waals surface area (Å²) in [6.07, 6.45) is 3.94. The van der Waals surface area contributed by atoms with Gasteiger partial charge >= 0.3 is 104 Å². The van der Waals surface area contributed by atoms with E-state index >= 15 is 0 Å². The van der Waals surface area contributed by atoms with Crippen LogP contribution < -0.4 is 5.32 Å². The summed E-state index contributed by atoms with van der Waals surface area (Å²) in [5.74, 6) is 0. The van der Waals surface area contributed by atoms with Crippen molar-refractivity contribution in [2.75, 3.05) is 0 Å². The second-order valence-corrected chi connectivity index (χ2v) is 5.18. The standard InChI is InChI=1S/C11H13N.2V/c1-9(2)8-11-5-7-12-6-4-10(11)3;;/h8,12H,1,3-5H2,2H3;;/b11-8-;;. The summed E-state index contributed by atoms with van der Waals surface area (Å²) in [5.41, 5.74) is 3.54. The van der Waals surface area contributed by atoms with E-state index in [2.05, 4.69) is 58.5 Å². The zero-order valence-corrected chi connectivity index (χ0v) is 11.1. The molecule has 0 atom stereocenters. The van der Waals surface area contributed by atoms with Crippen LogP contribution in [0.1, 0.15) is 19.8 Å². The molecule has 1 saturated heterocycles. The normalized spacial score (nSPS) is 21.1. The third kappa shape index (κ3) is 3.68. The monoisotopic (exact) mass is 261 g/mol. The summed E-state index contributed by atoms with van der Waals surface area (Å²) in [6.45, 7) is 10.00. The summed E-state index contributed by atoms with van der Waals surface area (Å²) >= 11 is 5.13. The molecule has 0 aromatic rings. The van der Waals surface area contributed by atoms with Gasteiger partial charge in [-0.05, 0) is 0 Å². The van der Waals surface area contributed by atoms with Crippen LogP contribution in [0.2, 0.25) is 0 Å². The molecular formula is C11H13NV2. The fourth-order valence-corrected chi connectivity index (χ4v) is 2.54. The molecule has 14 heavy (non-hydrogen) atoms. The van der Waals surface area contributed by atoms with Crippen molar-refractivity contribution in [3.63, 3.8) is 0 Å². The fourth-order valence-electron chi connectivity index (χ4n) is 1.33. The zero-order valence-electron chi connectivity index (χ0n) is 8.30. The van der Waals surface area contributed by atoms with Gasteiger partial charge in [0, 0.05) is 0 Å². The summed E-state index contributed by atoms with van der Waals surface area (Å²) < 4.78 is 2.41. The van der Waals surface area contributed by atoms with Crippen LogP contribution in [0.5, 0.6) is 0 Å². The van der Waals surface area contributed by atoms with Crippen molar-refractivity contribution in [1.29, 1.82) is 0 Å². The van der Waals surface area contributed by atoms with Gasteiger partial charge in [0.25, 0.3) is 0 Å². The van der Waals surface area contributed by atoms with E-state index in [1.807, 2.05) is 6.92 Å². The molecule has 72 valence electrons. The minimum atomic E-state index is 0.903. The quantitative estimate of drug-likeness (QED) is 0.758. The molecule has 0 bridgehead atoms. The van der Waals surface area contributed by atoms with Gasteiger partial charge in [-0.2, -0.15) is 0 Å². The molecule has 0 aliphatic carbocycles. The van der Waals surface area contributed by atoms with Crippen LogP contribution >= 0.6 is 0 Å². The van der Waals surface area contributed by atoms with Crippen LogP contribution in [0.3, 0.4) is 0 Å². The van der Waals surface area contributed by atoms with Crippen LogP contribution in [-0.2, 0) is 34.0 Å². The molecule has 1 aliphatic rings. The molecule has 1 N–H and O–H groups in total. The number of nitrogens with one attached hydrogen (secondary N) is 1. The molecule has 1 aliphatic heterocycles. The second kappa shape index (κ2) is 5.25. The molecule has 3 heteroatoms. The first-order chi connectivity index (χ1) is 6.49. The van der Waals surface area contributed by atoms with Gasteiger partial charge in [0.2, 0.25) is 0 Å². The van der Waals surface area contributed by atoms with Crippen molar-refractivity contribution < 1.29 is 34.0 Å². The average Bonchev–Trinajstić information content (AvgIpc) is 2.10. The molecule has 1 nitrogen and oxygen atoms in total. The van der Waals surface area contributed by atoms with Crippen molar-refractivity contribution in [3.8, 4) is 0 Å². The third-order valence-electron chi connectivity index (χ3n) is 1.90. The van der Waals surface area contributed by atoms with Gasteiger partial charge in [0.15, 0.2) is 0 Å². The van der Waals surface area contributed by atoms with Crippen molar-refractivity contribution in [2.45, 2.75) is 19.8 Å². The summed E-state index contributed by atoms with van der Waals surface area (Å²) in [6, 6.07) is 0. The Morgan fingerprint density at radius 1 is 1.36 bits per heavy atom. The van der Waals surface area contributed by atoms with E-state index in [1.165, 1.54) is 19.8 Å². The summed E-state index contributed by atoms with van der Waals surface area (Å²) in [7, 11) is 0. The van der Waals surface area contributed by atoms with Crippen LogP contribution in [-0.4, -0.2) is 8.70 Å². The van der Waals surface area contributed by atoms with E-state index < -0.39 is 0 Å². The maximum atomic E-state index is 4.09. The molecule has 0 spiro atoms. The Kier molecular flexibility index (Phi) is 4.56. The molecule has 1 rings (SSSR count). The minimum absolute atomic E-state index is 0.903. The summed E-state index contributed by atoms with van der Waals surface area (Å²) in [5, 5.41) is 3.32. The molecule has 1 fully saturated rings. The zero-order chi connectivity index (χ0) is 10.7. The Hall–Kier alpha value is 0.0888. The predicted molar refractivity (Wildman–Crippen MR) is 54.4 cm³/mol. The van der Waals surface area contributed by atoms with Gasteiger partial charge in [-0.25, -0.2) is 0 Å². The third-order valence-corrected chi connectivity index (χ3v) is 2.75. The maximum absolute atomic E-state index is 4.09. The molecule has 0 unspecified atom stereocenters. The molecule has 0 saturated carbocycles. The van der Waals surface area contributed by atoms with Crippen molar-refractivity contribution in [1.82, 2.24) is 5.32 Å². The van der Waals surface area contributed by atoms with Gasteiger partial charge in [-0.15, -0.1) is 0 Å². The molecule has 0 amide bonds. The van der Waals surface area contributed by atoms with Gasteiger partial charge < -0.3 is 0 Å². The van der Waals surface area contributed by atoms with Crippen LogP contribution in [0.25, 0.3) is 0 Å². The van der Waals surface area contributed by atoms with Gasteiger partial charge in [0.05, 0.1) is 0 Å². The average molecular weight is 261 g/mol. The molecule has 1 heterocycles. The van der Waals surface area contributed by atoms with Crippen LogP contribution in [0.15, 0.2) is 36.0 Å². The van der Waals surface area contributed by atoms with Crippen molar-refractivity contribution >= 4 is 8.70 Å². The van der Waals surface area contributed by atoms with Crippen molar-refractivity contribution in [2.24, 2.45) is 0 Å².